The van der Waals surface area contributed by atoms with Gasteiger partial charge in [0.2, 0.25) is 5.91 Å². The maximum atomic E-state index is 12.5. The van der Waals surface area contributed by atoms with Crippen molar-refractivity contribution in [2.45, 2.75) is 62.2 Å². The van der Waals surface area contributed by atoms with Crippen LogP contribution in [0.2, 0.25) is 0 Å². The summed E-state index contributed by atoms with van der Waals surface area (Å²) in [5, 5.41) is 6.39. The lowest BCUT2D eigenvalue weighted by Gasteiger charge is -2.28. The molecule has 0 saturated carbocycles. The van der Waals surface area contributed by atoms with Crippen LogP contribution in [0.1, 0.15) is 37.7 Å². The van der Waals surface area contributed by atoms with E-state index in [1.165, 1.54) is 12.8 Å². The van der Waals surface area contributed by atoms with Crippen molar-refractivity contribution in [2.24, 2.45) is 5.92 Å². The fraction of sp³-hybridized carbons (Fsp3) is 0.611. The minimum atomic E-state index is -4.23. The van der Waals surface area contributed by atoms with E-state index >= 15 is 0 Å². The molecule has 0 aliphatic carbocycles. The second-order valence-corrected chi connectivity index (χ2v) is 8.15. The van der Waals surface area contributed by atoms with Gasteiger partial charge in [-0.3, -0.25) is 4.79 Å². The van der Waals surface area contributed by atoms with Gasteiger partial charge in [-0.05, 0) is 56.2 Å². The van der Waals surface area contributed by atoms with E-state index in [1.54, 1.807) is 18.2 Å². The molecule has 0 aromatic heterocycles. The van der Waals surface area contributed by atoms with Crippen LogP contribution >= 0.6 is 11.8 Å². The van der Waals surface area contributed by atoms with Gasteiger partial charge >= 0.3 is 6.18 Å². The highest BCUT2D eigenvalue weighted by atomic mass is 32.2. The Labute approximate surface area is 150 Å². The van der Waals surface area contributed by atoms with Crippen LogP contribution in [0.5, 0.6) is 0 Å². The molecule has 25 heavy (non-hydrogen) atoms. The van der Waals surface area contributed by atoms with Gasteiger partial charge in [0, 0.05) is 23.4 Å². The van der Waals surface area contributed by atoms with Crippen LogP contribution in [-0.4, -0.2) is 29.9 Å². The molecule has 3 nitrogen and oxygen atoms in total. The van der Waals surface area contributed by atoms with Gasteiger partial charge in [0.15, 0.2) is 0 Å². The lowest BCUT2D eigenvalue weighted by atomic mass is 9.89. The zero-order valence-corrected chi connectivity index (χ0v) is 15.0. The maximum Gasteiger partial charge on any atom is 0.398 e. The van der Waals surface area contributed by atoms with Gasteiger partial charge in [-0.25, -0.2) is 0 Å². The van der Waals surface area contributed by atoms with E-state index in [1.807, 2.05) is 6.92 Å². The van der Waals surface area contributed by atoms with Gasteiger partial charge in [-0.1, -0.05) is 6.07 Å². The number of thioether (sulfide) groups is 1. The van der Waals surface area contributed by atoms with Crippen LogP contribution in [0, 0.1) is 12.8 Å². The number of halogens is 3. The first-order valence-corrected chi connectivity index (χ1v) is 9.63. The summed E-state index contributed by atoms with van der Waals surface area (Å²) < 4.78 is 37.5. The predicted octanol–water partition coefficient (Wildman–Crippen LogP) is 4.51. The normalized spacial score (nSPS) is 25.8. The quantitative estimate of drug-likeness (QED) is 0.748. The highest BCUT2D eigenvalue weighted by Crippen LogP contribution is 2.35. The summed E-state index contributed by atoms with van der Waals surface area (Å²) in [6, 6.07) is 6.19. The van der Waals surface area contributed by atoms with Crippen molar-refractivity contribution in [3.8, 4) is 0 Å². The number of piperidine rings is 1. The molecule has 2 bridgehead atoms. The van der Waals surface area contributed by atoms with E-state index in [0.29, 0.717) is 46.8 Å². The van der Waals surface area contributed by atoms with Crippen molar-refractivity contribution in [3.63, 3.8) is 0 Å². The van der Waals surface area contributed by atoms with Crippen molar-refractivity contribution >= 4 is 23.4 Å². The fourth-order valence-corrected chi connectivity index (χ4v) is 4.58. The number of benzene rings is 1. The molecule has 2 heterocycles. The van der Waals surface area contributed by atoms with Crippen LogP contribution in [-0.2, 0) is 4.79 Å². The second kappa shape index (κ2) is 7.58. The van der Waals surface area contributed by atoms with Gasteiger partial charge in [0.05, 0.1) is 11.4 Å². The number of hydrogen-bond acceptors (Lipinski definition) is 3. The van der Waals surface area contributed by atoms with Crippen LogP contribution in [0.3, 0.4) is 0 Å². The molecule has 7 heteroatoms. The number of rotatable bonds is 5. The number of amides is 1. The summed E-state index contributed by atoms with van der Waals surface area (Å²) in [6.45, 7) is 1.86. The van der Waals surface area contributed by atoms with Crippen molar-refractivity contribution in [1.82, 2.24) is 5.32 Å². The summed E-state index contributed by atoms with van der Waals surface area (Å²) in [5.41, 5.74) is 1.39. The Hall–Kier alpha value is -1.21. The summed E-state index contributed by atoms with van der Waals surface area (Å²) in [6.07, 6.45) is 0.579. The Morgan fingerprint density at radius 1 is 1.28 bits per heavy atom. The highest BCUT2D eigenvalue weighted by Gasteiger charge is 2.34. The molecule has 1 amide bonds. The number of aryl methyl sites for hydroxylation is 1. The van der Waals surface area contributed by atoms with Crippen LogP contribution in [0.15, 0.2) is 23.1 Å². The lowest BCUT2D eigenvalue weighted by molar-refractivity contribution is -0.117. The van der Waals surface area contributed by atoms with Crippen molar-refractivity contribution < 1.29 is 18.0 Å². The predicted molar refractivity (Wildman–Crippen MR) is 93.9 cm³/mol. The molecule has 1 aromatic carbocycles. The molecule has 2 aliphatic heterocycles. The number of anilines is 1. The summed E-state index contributed by atoms with van der Waals surface area (Å²) >= 11 is 0.712. The van der Waals surface area contributed by atoms with Crippen molar-refractivity contribution in [1.29, 1.82) is 0 Å². The topological polar surface area (TPSA) is 41.1 Å². The average molecular weight is 372 g/mol. The zero-order valence-electron chi connectivity index (χ0n) is 14.2. The molecular formula is C18H23F3N2OS. The van der Waals surface area contributed by atoms with E-state index in [-0.39, 0.29) is 5.91 Å². The molecule has 2 aliphatic rings. The Morgan fingerprint density at radius 3 is 2.60 bits per heavy atom. The number of hydrogen-bond donors (Lipinski definition) is 2. The molecule has 1 aromatic rings. The van der Waals surface area contributed by atoms with E-state index in [4.69, 9.17) is 0 Å². The largest absolute Gasteiger partial charge is 0.398 e. The molecule has 2 N–H and O–H groups in total. The fourth-order valence-electron chi connectivity index (χ4n) is 3.83. The molecule has 0 radical (unpaired) electrons. The van der Waals surface area contributed by atoms with Gasteiger partial charge < -0.3 is 10.6 Å². The smallest absolute Gasteiger partial charge is 0.325 e. The first-order chi connectivity index (χ1) is 11.8. The number of carbonyl (C=O) groups excluding carboxylic acids is 1. The van der Waals surface area contributed by atoms with E-state index in [9.17, 15) is 18.0 Å². The monoisotopic (exact) mass is 372 g/mol. The molecule has 0 spiro atoms. The summed E-state index contributed by atoms with van der Waals surface area (Å²) in [7, 11) is 0. The van der Waals surface area contributed by atoms with Gasteiger partial charge in [-0.2, -0.15) is 13.2 Å². The zero-order chi connectivity index (χ0) is 18.0. The summed E-state index contributed by atoms with van der Waals surface area (Å²) in [5.74, 6) is -0.711. The highest BCUT2D eigenvalue weighted by molar-refractivity contribution is 7.99. The number of fused-ring (bicyclic) bond motifs is 2. The Bertz CT molecular complexity index is 623. The average Bonchev–Trinajstić information content (AvgIpc) is 2.84. The Morgan fingerprint density at radius 2 is 1.96 bits per heavy atom. The van der Waals surface area contributed by atoms with Gasteiger partial charge in [-0.15, -0.1) is 11.8 Å². The first kappa shape index (κ1) is 18.6. The Kier molecular flexibility index (Phi) is 5.63. The number of nitrogens with one attached hydrogen (secondary N) is 2. The van der Waals surface area contributed by atoms with Crippen molar-refractivity contribution in [3.05, 3.63) is 23.8 Å². The van der Waals surface area contributed by atoms with E-state index < -0.39 is 11.9 Å². The third kappa shape index (κ3) is 5.38. The maximum absolute atomic E-state index is 12.5. The second-order valence-electron chi connectivity index (χ2n) is 7.13. The lowest BCUT2D eigenvalue weighted by Crippen LogP contribution is -2.39. The molecule has 2 unspecified atom stereocenters. The van der Waals surface area contributed by atoms with Gasteiger partial charge in [0.25, 0.3) is 0 Å². The molecule has 3 rings (SSSR count). The standard InChI is InChI=1S/C18H23F3N2OS/c1-11-2-5-16(25-10-18(19,20)21)15(6-11)23-17(24)9-12-7-13-3-4-14(8-12)22-13/h2,5-6,12-14,22H,3-4,7-10H2,1H3,(H,23,24). The van der Waals surface area contributed by atoms with E-state index in [0.717, 1.165) is 18.4 Å². The third-order valence-electron chi connectivity index (χ3n) is 4.85. The first-order valence-electron chi connectivity index (χ1n) is 8.64. The van der Waals surface area contributed by atoms with Crippen LogP contribution < -0.4 is 10.6 Å². The van der Waals surface area contributed by atoms with Crippen LogP contribution in [0.4, 0.5) is 18.9 Å². The number of carbonyl (C=O) groups is 1. The third-order valence-corrected chi connectivity index (χ3v) is 5.98. The molecule has 2 saturated heterocycles. The van der Waals surface area contributed by atoms with Crippen molar-refractivity contribution in [2.75, 3.05) is 11.1 Å². The SMILES string of the molecule is Cc1ccc(SCC(F)(F)F)c(NC(=O)CC2CC3CCC(C2)N3)c1. The Balaban J connectivity index is 1.61. The molecule has 138 valence electrons. The molecule has 2 atom stereocenters. The minimum absolute atomic E-state index is 0.106. The number of alkyl halides is 3. The van der Waals surface area contributed by atoms with Gasteiger partial charge in [0.1, 0.15) is 0 Å². The molecular weight excluding hydrogens is 349 g/mol. The van der Waals surface area contributed by atoms with E-state index in [2.05, 4.69) is 10.6 Å². The molecule has 2 fully saturated rings. The summed E-state index contributed by atoms with van der Waals surface area (Å²) in [4.78, 5) is 12.9. The van der Waals surface area contributed by atoms with Crippen LogP contribution in [0.25, 0.3) is 0 Å². The minimum Gasteiger partial charge on any atom is -0.325 e.